The van der Waals surface area contributed by atoms with Gasteiger partial charge in [0.05, 0.1) is 24.4 Å². The molecule has 1 saturated heterocycles. The van der Waals surface area contributed by atoms with Crippen molar-refractivity contribution >= 4 is 23.5 Å². The van der Waals surface area contributed by atoms with E-state index in [1.165, 1.54) is 19.0 Å². The highest BCUT2D eigenvalue weighted by Crippen LogP contribution is 2.58. The van der Waals surface area contributed by atoms with Crippen LogP contribution >= 0.6 is 0 Å². The lowest BCUT2D eigenvalue weighted by Gasteiger charge is -2.56. The molecule has 2 fully saturated rings. The molecule has 7 N–H and O–H groups in total. The quantitative estimate of drug-likeness (QED) is 0.250. The number of carbonyl (C=O) groups is 3. The zero-order valence-corrected chi connectivity index (χ0v) is 24.8. The Morgan fingerprint density at radius 3 is 2.45 bits per heavy atom. The van der Waals surface area contributed by atoms with Gasteiger partial charge in [-0.3, -0.25) is 14.5 Å². The third-order valence-corrected chi connectivity index (χ3v) is 9.40. The Morgan fingerprint density at radius 2 is 1.89 bits per heavy atom. The molecule has 44 heavy (non-hydrogen) atoms. The monoisotopic (exact) mass is 611 g/mol. The maximum Gasteiger partial charge on any atom is 0.317 e. The molecule has 14 heteroatoms. The van der Waals surface area contributed by atoms with Gasteiger partial charge in [-0.05, 0) is 61.1 Å². The number of rotatable bonds is 6. The third kappa shape index (κ3) is 4.23. The second-order valence-electron chi connectivity index (χ2n) is 11.9. The average molecular weight is 612 g/mol. The van der Waals surface area contributed by atoms with E-state index in [2.05, 4.69) is 17.1 Å². The van der Waals surface area contributed by atoms with Crippen LogP contribution in [-0.4, -0.2) is 106 Å². The van der Waals surface area contributed by atoms with Gasteiger partial charge < -0.3 is 41.1 Å². The van der Waals surface area contributed by atoms with Crippen LogP contribution in [0.1, 0.15) is 35.6 Å². The molecule has 1 aromatic carbocycles. The molecule has 3 aliphatic carbocycles. The molecule has 1 aliphatic heterocycles. The first-order chi connectivity index (χ1) is 20.8. The van der Waals surface area contributed by atoms with E-state index in [0.717, 1.165) is 0 Å². The number of urea groups is 1. The number of morpholine rings is 1. The topological polar surface area (TPSA) is 215 Å². The number of aliphatic hydroxyl groups is 3. The van der Waals surface area contributed by atoms with Gasteiger partial charge in [0.15, 0.2) is 0 Å². The van der Waals surface area contributed by atoms with E-state index in [0.29, 0.717) is 49.4 Å². The van der Waals surface area contributed by atoms with Crippen molar-refractivity contribution in [2.24, 2.45) is 16.8 Å². The van der Waals surface area contributed by atoms with Gasteiger partial charge in [-0.2, -0.15) is 0 Å². The van der Waals surface area contributed by atoms with Crippen molar-refractivity contribution in [1.82, 2.24) is 15.1 Å². The van der Waals surface area contributed by atoms with E-state index in [-0.39, 0.29) is 42.3 Å². The number of aliphatic hydroxyl groups excluding tert-OH is 2. The number of aryl methyl sites for hydroxylation is 1. The number of nitrogens with one attached hydrogen (secondary N) is 1. The van der Waals surface area contributed by atoms with E-state index in [4.69, 9.17) is 10.5 Å². The minimum absolute atomic E-state index is 0.0230. The summed E-state index contributed by atoms with van der Waals surface area (Å²) in [7, 11) is 2.95. The normalized spacial score (nSPS) is 28.4. The highest BCUT2D eigenvalue weighted by atomic mass is 16.5. The number of nitrogens with zero attached hydrogens (tertiary/aromatic N) is 3. The van der Waals surface area contributed by atoms with Gasteiger partial charge in [0.1, 0.15) is 28.9 Å². The number of benzene rings is 1. The lowest BCUT2D eigenvalue weighted by molar-refractivity contribution is -0.147. The number of likely N-dealkylation sites (N-methyl/N-ethyl adjacent to an activating group) is 1. The third-order valence-electron chi connectivity index (χ3n) is 9.40. The fourth-order valence-corrected chi connectivity index (χ4v) is 7.38. The van der Waals surface area contributed by atoms with Crippen molar-refractivity contribution in [3.8, 4) is 5.75 Å². The Morgan fingerprint density at radius 1 is 1.23 bits per heavy atom. The number of fused-ring (bicyclic) bond motifs is 3. The second kappa shape index (κ2) is 11.0. The number of hydrogen-bond acceptors (Lipinski definition) is 11. The summed E-state index contributed by atoms with van der Waals surface area (Å²) in [6.07, 6.45) is 0.0193. The molecule has 5 rings (SSSR count). The number of aromatic hydroxyl groups is 1. The smallest absolute Gasteiger partial charge is 0.317 e. The van der Waals surface area contributed by atoms with Crippen molar-refractivity contribution in [2.45, 2.75) is 49.9 Å². The highest BCUT2D eigenvalue weighted by Gasteiger charge is 2.72. The first-order valence-electron chi connectivity index (χ1n) is 14.4. The molecule has 0 radical (unpaired) electrons. The lowest BCUT2D eigenvalue weighted by atomic mass is 9.52. The van der Waals surface area contributed by atoms with E-state index >= 15 is 0 Å². The number of ether oxygens (including phenoxy) is 1. The van der Waals surface area contributed by atoms with Gasteiger partial charge >= 0.3 is 6.03 Å². The molecular formula is C30H37N5O9. The zero-order valence-electron chi connectivity index (χ0n) is 24.8. The van der Waals surface area contributed by atoms with E-state index in [1.54, 1.807) is 17.9 Å². The van der Waals surface area contributed by atoms with Crippen LogP contribution in [0.2, 0.25) is 0 Å². The van der Waals surface area contributed by atoms with Crippen LogP contribution in [-0.2, 0) is 33.7 Å². The van der Waals surface area contributed by atoms with Crippen LogP contribution in [0.3, 0.4) is 0 Å². The molecule has 1 heterocycles. The molecule has 0 bridgehead atoms. The number of phenolic OH excluding ortho intramolecular Hbond substituents is 1. The van der Waals surface area contributed by atoms with Gasteiger partial charge in [-0.25, -0.2) is 4.79 Å². The molecule has 14 nitrogen and oxygen atoms in total. The van der Waals surface area contributed by atoms with E-state index < -0.39 is 57.5 Å². The Bertz CT molecular complexity index is 1540. The molecule has 4 aliphatic rings. The minimum Gasteiger partial charge on any atom is -0.510 e. The fourth-order valence-electron chi connectivity index (χ4n) is 7.38. The van der Waals surface area contributed by atoms with Crippen LogP contribution in [0.4, 0.5) is 4.79 Å². The summed E-state index contributed by atoms with van der Waals surface area (Å²) >= 11 is 0. The maximum atomic E-state index is 14.4. The molecule has 3 amide bonds. The zero-order chi connectivity index (χ0) is 32.3. The molecule has 1 saturated carbocycles. The van der Waals surface area contributed by atoms with Gasteiger partial charge in [0, 0.05) is 30.8 Å². The van der Waals surface area contributed by atoms with Crippen LogP contribution < -0.4 is 11.1 Å². The number of hydrogen-bond donors (Lipinski definition) is 6. The average Bonchev–Trinajstić information content (AvgIpc) is 2.96. The van der Waals surface area contributed by atoms with Gasteiger partial charge in [-0.1, -0.05) is 19.6 Å². The van der Waals surface area contributed by atoms with Gasteiger partial charge in [-0.15, -0.1) is 4.91 Å². The van der Waals surface area contributed by atoms with E-state index in [1.807, 2.05) is 0 Å². The largest absolute Gasteiger partial charge is 0.510 e. The van der Waals surface area contributed by atoms with Crippen LogP contribution in [0, 0.1) is 10.8 Å². The Hall–Kier alpha value is -4.27. The molecule has 236 valence electrons. The molecule has 0 spiro atoms. The summed E-state index contributed by atoms with van der Waals surface area (Å²) in [5.74, 6) is -4.73. The summed E-state index contributed by atoms with van der Waals surface area (Å²) < 4.78 is 5.31. The number of primary amides is 1. The molecule has 0 aromatic heterocycles. The predicted octanol–water partition coefficient (Wildman–Crippen LogP) is 0.944. The van der Waals surface area contributed by atoms with Crippen molar-refractivity contribution < 1.29 is 39.5 Å². The summed E-state index contributed by atoms with van der Waals surface area (Å²) in [6, 6.07) is -0.0533. The Kier molecular flexibility index (Phi) is 7.81. The number of ketones is 1. The summed E-state index contributed by atoms with van der Waals surface area (Å²) in [5.41, 5.74) is 0.403. The van der Waals surface area contributed by atoms with Crippen LogP contribution in [0.25, 0.3) is 5.76 Å². The second-order valence-corrected chi connectivity index (χ2v) is 11.9. The SMILES string of the molecule is C=C1C(C(N)=O)=C(O)C(N(C)C)[C@]2(O)CC3Cc4c(CNC(=O)N5CCOCC5)cc(CC)c(O)c4C(O)=C3C(=O)[C@]12N=O. The number of amides is 3. The first-order valence-corrected chi connectivity index (χ1v) is 14.4. The predicted molar refractivity (Wildman–Crippen MR) is 157 cm³/mol. The summed E-state index contributed by atoms with van der Waals surface area (Å²) in [5, 5.41) is 52.3. The lowest BCUT2D eigenvalue weighted by Crippen LogP contribution is -2.74. The van der Waals surface area contributed by atoms with Crippen molar-refractivity contribution in [3.63, 3.8) is 0 Å². The summed E-state index contributed by atoms with van der Waals surface area (Å²) in [6.45, 7) is 7.25. The fraction of sp³-hybridized carbons (Fsp3) is 0.500. The molecule has 4 atom stereocenters. The molecule has 2 unspecified atom stereocenters. The maximum absolute atomic E-state index is 14.4. The van der Waals surface area contributed by atoms with Crippen LogP contribution in [0.5, 0.6) is 5.75 Å². The Balaban J connectivity index is 1.66. The number of carbonyl (C=O) groups excluding carboxylic acids is 3. The number of phenols is 1. The molecular weight excluding hydrogens is 574 g/mol. The van der Waals surface area contributed by atoms with Gasteiger partial charge in [0.25, 0.3) is 5.91 Å². The Labute approximate surface area is 253 Å². The number of Topliss-reactive ketones (excluding diaryl/α,β-unsaturated/α-hetero) is 1. The van der Waals surface area contributed by atoms with E-state index in [9.17, 15) is 39.7 Å². The van der Waals surface area contributed by atoms with Crippen molar-refractivity contribution in [1.29, 1.82) is 0 Å². The number of nitroso groups, excluding NO2 is 1. The molecule has 1 aromatic rings. The number of nitrogens with two attached hydrogens (primary N) is 1. The summed E-state index contributed by atoms with van der Waals surface area (Å²) in [4.78, 5) is 55.4. The van der Waals surface area contributed by atoms with Crippen LogP contribution in [0.15, 0.2) is 40.3 Å². The standard InChI is InChI=1S/C30H37N5O9/c1-5-15-10-17(13-32-28(41)35-6-8-44-9-7-35)18-11-16-12-29(42)25(34(3)4)24(38)19(27(31)40)14(2)30(29,33-43)26(39)20(16)23(37)21(18)22(15)36/h10,16,25,36-38,42H,2,5-9,11-13H2,1,3-4H3,(H2,31,40)(H,32,41)/t16?,25?,29-,30-/m1/s1. The minimum atomic E-state index is -2.72. The van der Waals surface area contributed by atoms with Gasteiger partial charge in [0.2, 0.25) is 11.3 Å². The first kappa shape index (κ1) is 31.2. The van der Waals surface area contributed by atoms with Crippen molar-refractivity contribution in [2.75, 3.05) is 40.4 Å². The van der Waals surface area contributed by atoms with Crippen molar-refractivity contribution in [3.05, 3.63) is 62.3 Å². The highest BCUT2D eigenvalue weighted by molar-refractivity contribution is 6.15.